The normalized spacial score (nSPS) is 12.1. The molecule has 0 aliphatic rings. The monoisotopic (exact) mass is 274 g/mol. The summed E-state index contributed by atoms with van der Waals surface area (Å²) in [6.07, 6.45) is 1.40. The highest BCUT2D eigenvalue weighted by Gasteiger charge is 2.20. The average molecular weight is 274 g/mol. The third-order valence-electron chi connectivity index (χ3n) is 2.87. The molecule has 18 heavy (non-hydrogen) atoms. The zero-order valence-electron chi connectivity index (χ0n) is 10.8. The minimum absolute atomic E-state index is 0.00537. The first-order valence-corrected chi connectivity index (χ1v) is 7.38. The van der Waals surface area contributed by atoms with Crippen molar-refractivity contribution in [3.63, 3.8) is 0 Å². The first-order chi connectivity index (χ1) is 8.31. The Labute approximate surface area is 107 Å². The Balaban J connectivity index is 3.13. The summed E-state index contributed by atoms with van der Waals surface area (Å²) in [6.45, 7) is 5.30. The predicted octanol–water partition coefficient (Wildman–Crippen LogP) is 2.18. The quantitative estimate of drug-likeness (QED) is 0.808. The van der Waals surface area contributed by atoms with Gasteiger partial charge in [-0.1, -0.05) is 13.8 Å². The van der Waals surface area contributed by atoms with E-state index in [0.717, 1.165) is 6.07 Å². The van der Waals surface area contributed by atoms with Crippen LogP contribution in [-0.2, 0) is 10.0 Å². The molecule has 0 atom stereocenters. The maximum atomic E-state index is 13.4. The van der Waals surface area contributed by atoms with Crippen molar-refractivity contribution in [2.45, 2.75) is 44.6 Å². The topological polar surface area (TPSA) is 72.2 Å². The van der Waals surface area contributed by atoms with E-state index in [4.69, 9.17) is 5.73 Å². The minimum Gasteiger partial charge on any atom is -0.396 e. The van der Waals surface area contributed by atoms with Crippen LogP contribution in [-0.4, -0.2) is 14.5 Å². The molecule has 0 aliphatic heterocycles. The number of aryl methyl sites for hydroxylation is 1. The van der Waals surface area contributed by atoms with E-state index in [0.29, 0.717) is 12.8 Å². The van der Waals surface area contributed by atoms with Crippen LogP contribution in [0.5, 0.6) is 0 Å². The molecule has 0 spiro atoms. The lowest BCUT2D eigenvalue weighted by molar-refractivity contribution is 0.530. The van der Waals surface area contributed by atoms with Crippen LogP contribution in [0.2, 0.25) is 0 Å². The molecule has 0 heterocycles. The SMILES string of the molecule is CCC(CC)NS(=O)(=O)c1cc(C)c(F)c(N)c1. The van der Waals surface area contributed by atoms with Crippen molar-refractivity contribution in [3.8, 4) is 0 Å². The second-order valence-corrected chi connectivity index (χ2v) is 5.99. The van der Waals surface area contributed by atoms with Gasteiger partial charge in [0.2, 0.25) is 10.0 Å². The maximum absolute atomic E-state index is 13.4. The Hall–Kier alpha value is -1.14. The summed E-state index contributed by atoms with van der Waals surface area (Å²) in [7, 11) is -3.64. The van der Waals surface area contributed by atoms with Crippen molar-refractivity contribution in [3.05, 3.63) is 23.5 Å². The van der Waals surface area contributed by atoms with E-state index in [1.165, 1.54) is 13.0 Å². The average Bonchev–Trinajstić information content (AvgIpc) is 2.32. The van der Waals surface area contributed by atoms with E-state index < -0.39 is 15.8 Å². The number of anilines is 1. The van der Waals surface area contributed by atoms with E-state index in [1.54, 1.807) is 0 Å². The van der Waals surface area contributed by atoms with Gasteiger partial charge >= 0.3 is 0 Å². The molecule has 102 valence electrons. The van der Waals surface area contributed by atoms with Crippen LogP contribution in [0, 0.1) is 12.7 Å². The lowest BCUT2D eigenvalue weighted by Crippen LogP contribution is -2.34. The van der Waals surface area contributed by atoms with Crippen LogP contribution >= 0.6 is 0 Å². The van der Waals surface area contributed by atoms with E-state index in [9.17, 15) is 12.8 Å². The van der Waals surface area contributed by atoms with Crippen molar-refractivity contribution in [2.24, 2.45) is 0 Å². The number of hydrogen-bond donors (Lipinski definition) is 2. The van der Waals surface area contributed by atoms with Crippen molar-refractivity contribution >= 4 is 15.7 Å². The first-order valence-electron chi connectivity index (χ1n) is 5.89. The van der Waals surface area contributed by atoms with Gasteiger partial charge in [0.25, 0.3) is 0 Å². The molecule has 1 aromatic carbocycles. The highest BCUT2D eigenvalue weighted by Crippen LogP contribution is 2.21. The Morgan fingerprint density at radius 1 is 1.33 bits per heavy atom. The number of rotatable bonds is 5. The number of halogens is 1. The molecular formula is C12H19FN2O2S. The summed E-state index contributed by atoms with van der Waals surface area (Å²) in [5, 5.41) is 0. The highest BCUT2D eigenvalue weighted by atomic mass is 32.2. The molecule has 0 bridgehead atoms. The molecule has 0 aromatic heterocycles. The fourth-order valence-electron chi connectivity index (χ4n) is 1.66. The highest BCUT2D eigenvalue weighted by molar-refractivity contribution is 7.89. The largest absolute Gasteiger partial charge is 0.396 e. The summed E-state index contributed by atoms with van der Waals surface area (Å²) in [5.74, 6) is -0.573. The van der Waals surface area contributed by atoms with Crippen LogP contribution in [0.1, 0.15) is 32.3 Å². The molecule has 3 N–H and O–H groups in total. The van der Waals surface area contributed by atoms with Crippen LogP contribution in [0.4, 0.5) is 10.1 Å². The molecule has 0 unspecified atom stereocenters. The van der Waals surface area contributed by atoms with E-state index in [2.05, 4.69) is 4.72 Å². The number of sulfonamides is 1. The summed E-state index contributed by atoms with van der Waals surface area (Å²) >= 11 is 0. The second-order valence-electron chi connectivity index (χ2n) is 4.28. The molecule has 4 nitrogen and oxygen atoms in total. The van der Waals surface area contributed by atoms with Crippen molar-refractivity contribution in [1.29, 1.82) is 0 Å². The Kier molecular flexibility index (Phi) is 4.70. The van der Waals surface area contributed by atoms with Gasteiger partial charge in [0.1, 0.15) is 5.82 Å². The summed E-state index contributed by atoms with van der Waals surface area (Å²) in [6, 6.07) is 2.31. The number of nitrogens with one attached hydrogen (secondary N) is 1. The summed E-state index contributed by atoms with van der Waals surface area (Å²) in [5.41, 5.74) is 5.52. The van der Waals surface area contributed by atoms with Gasteiger partial charge in [-0.15, -0.1) is 0 Å². The van der Waals surface area contributed by atoms with Gasteiger partial charge in [0.15, 0.2) is 0 Å². The second kappa shape index (κ2) is 5.67. The van der Waals surface area contributed by atoms with Gasteiger partial charge < -0.3 is 5.73 Å². The predicted molar refractivity (Wildman–Crippen MR) is 70.2 cm³/mol. The Morgan fingerprint density at radius 2 is 1.89 bits per heavy atom. The standard InChI is InChI=1S/C12H19FN2O2S/c1-4-9(5-2)15-18(16,17)10-6-8(3)12(13)11(14)7-10/h6-7,9,15H,4-5,14H2,1-3H3. The molecule has 0 radical (unpaired) electrons. The maximum Gasteiger partial charge on any atom is 0.240 e. The van der Waals surface area contributed by atoms with Gasteiger partial charge in [0, 0.05) is 6.04 Å². The summed E-state index contributed by atoms with van der Waals surface area (Å²) in [4.78, 5) is 0.00537. The number of nitrogens with two attached hydrogens (primary N) is 1. The van der Waals surface area contributed by atoms with Crippen molar-refractivity contribution in [2.75, 3.05) is 5.73 Å². The first kappa shape index (κ1) is 14.9. The fourth-order valence-corrected chi connectivity index (χ4v) is 3.18. The van der Waals surface area contributed by atoms with Gasteiger partial charge in [-0.2, -0.15) is 0 Å². The third kappa shape index (κ3) is 3.20. The Bertz CT molecular complexity index is 502. The van der Waals surface area contributed by atoms with Crippen LogP contribution in [0.3, 0.4) is 0 Å². The molecular weight excluding hydrogens is 255 g/mol. The zero-order valence-corrected chi connectivity index (χ0v) is 11.6. The molecule has 1 aromatic rings. The molecule has 0 amide bonds. The van der Waals surface area contributed by atoms with E-state index in [1.807, 2.05) is 13.8 Å². The molecule has 0 saturated carbocycles. The lowest BCUT2D eigenvalue weighted by Gasteiger charge is -2.15. The zero-order chi connectivity index (χ0) is 13.9. The molecule has 6 heteroatoms. The number of hydrogen-bond acceptors (Lipinski definition) is 3. The van der Waals surface area contributed by atoms with Crippen molar-refractivity contribution < 1.29 is 12.8 Å². The van der Waals surface area contributed by atoms with Crippen molar-refractivity contribution in [1.82, 2.24) is 4.72 Å². The van der Waals surface area contributed by atoms with E-state index in [-0.39, 0.29) is 22.2 Å². The summed E-state index contributed by atoms with van der Waals surface area (Å²) < 4.78 is 40.1. The molecule has 0 saturated heterocycles. The van der Waals surface area contributed by atoms with Gasteiger partial charge in [-0.25, -0.2) is 17.5 Å². The van der Waals surface area contributed by atoms with Gasteiger partial charge in [-0.3, -0.25) is 0 Å². The smallest absolute Gasteiger partial charge is 0.240 e. The molecule has 0 fully saturated rings. The third-order valence-corrected chi connectivity index (χ3v) is 4.37. The van der Waals surface area contributed by atoms with Gasteiger partial charge in [0.05, 0.1) is 10.6 Å². The molecule has 1 rings (SSSR count). The number of nitrogen functional groups attached to an aromatic ring is 1. The van der Waals surface area contributed by atoms with E-state index >= 15 is 0 Å². The Morgan fingerprint density at radius 3 is 2.33 bits per heavy atom. The van der Waals surface area contributed by atoms with Crippen LogP contribution < -0.4 is 10.5 Å². The fraction of sp³-hybridized carbons (Fsp3) is 0.500. The van der Waals surface area contributed by atoms with Crippen LogP contribution in [0.15, 0.2) is 17.0 Å². The minimum atomic E-state index is -3.64. The van der Waals surface area contributed by atoms with Crippen LogP contribution in [0.25, 0.3) is 0 Å². The molecule has 0 aliphatic carbocycles. The van der Waals surface area contributed by atoms with Gasteiger partial charge in [-0.05, 0) is 37.5 Å². The number of benzene rings is 1. The lowest BCUT2D eigenvalue weighted by atomic mass is 10.2.